The van der Waals surface area contributed by atoms with Crippen molar-refractivity contribution in [2.45, 2.75) is 31.4 Å². The van der Waals surface area contributed by atoms with E-state index >= 15 is 0 Å². The monoisotopic (exact) mass is 249 g/mol. The molecule has 4 heteroatoms. The Morgan fingerprint density at radius 3 is 2.83 bits per heavy atom. The third-order valence-electron chi connectivity index (χ3n) is 3.16. The zero-order valence-electron chi connectivity index (χ0n) is 10.3. The van der Waals surface area contributed by atoms with Gasteiger partial charge in [0.05, 0.1) is 25.2 Å². The minimum atomic E-state index is -0.333. The Kier molecular flexibility index (Phi) is 4.73. The maximum atomic E-state index is 11.8. The molecule has 2 rings (SSSR count). The van der Waals surface area contributed by atoms with E-state index in [9.17, 15) is 9.90 Å². The van der Waals surface area contributed by atoms with Crippen molar-refractivity contribution >= 4 is 5.91 Å². The maximum Gasteiger partial charge on any atom is 0.223 e. The van der Waals surface area contributed by atoms with Gasteiger partial charge >= 0.3 is 0 Å². The van der Waals surface area contributed by atoms with Crippen molar-refractivity contribution in [1.29, 1.82) is 0 Å². The van der Waals surface area contributed by atoms with Gasteiger partial charge in [-0.25, -0.2) is 0 Å². The number of nitrogens with one attached hydrogen (secondary N) is 1. The van der Waals surface area contributed by atoms with Crippen molar-refractivity contribution in [3.63, 3.8) is 0 Å². The van der Waals surface area contributed by atoms with Crippen LogP contribution < -0.4 is 5.32 Å². The number of carbonyl (C=O) groups is 1. The van der Waals surface area contributed by atoms with Crippen LogP contribution >= 0.6 is 0 Å². The van der Waals surface area contributed by atoms with Crippen LogP contribution in [-0.2, 0) is 9.53 Å². The largest absolute Gasteiger partial charge is 0.394 e. The van der Waals surface area contributed by atoms with Crippen LogP contribution in [0.1, 0.15) is 30.9 Å². The fourth-order valence-corrected chi connectivity index (χ4v) is 2.19. The molecule has 1 aliphatic rings. The Hall–Kier alpha value is -1.39. The molecule has 0 bridgehead atoms. The molecule has 1 aromatic rings. The molecule has 1 amide bonds. The smallest absolute Gasteiger partial charge is 0.223 e. The third-order valence-corrected chi connectivity index (χ3v) is 3.16. The van der Waals surface area contributed by atoms with Crippen molar-refractivity contribution in [3.8, 4) is 0 Å². The minimum Gasteiger partial charge on any atom is -0.394 e. The molecule has 2 unspecified atom stereocenters. The molecule has 1 saturated heterocycles. The number of carbonyl (C=O) groups excluding carboxylic acids is 1. The van der Waals surface area contributed by atoms with E-state index in [0.717, 1.165) is 25.0 Å². The number of hydrogen-bond donors (Lipinski definition) is 2. The number of amides is 1. The summed E-state index contributed by atoms with van der Waals surface area (Å²) in [7, 11) is 0. The van der Waals surface area contributed by atoms with Gasteiger partial charge in [0.15, 0.2) is 0 Å². The zero-order valence-corrected chi connectivity index (χ0v) is 10.3. The SMILES string of the molecule is O=C(CC1CCCO1)NC(CO)c1ccccc1. The molecule has 1 aliphatic heterocycles. The van der Waals surface area contributed by atoms with Gasteiger partial charge in [0.2, 0.25) is 5.91 Å². The average molecular weight is 249 g/mol. The van der Waals surface area contributed by atoms with E-state index in [2.05, 4.69) is 5.32 Å². The Morgan fingerprint density at radius 1 is 1.44 bits per heavy atom. The summed E-state index contributed by atoms with van der Waals surface area (Å²) in [6.45, 7) is 0.654. The Bertz CT molecular complexity index is 374. The van der Waals surface area contributed by atoms with Gasteiger partial charge < -0.3 is 15.2 Å². The van der Waals surface area contributed by atoms with Crippen LogP contribution in [-0.4, -0.2) is 30.3 Å². The van der Waals surface area contributed by atoms with E-state index in [1.807, 2.05) is 30.3 Å². The first-order valence-corrected chi connectivity index (χ1v) is 6.36. The summed E-state index contributed by atoms with van der Waals surface area (Å²) in [5.41, 5.74) is 0.917. The summed E-state index contributed by atoms with van der Waals surface area (Å²) in [4.78, 5) is 11.8. The van der Waals surface area contributed by atoms with Gasteiger partial charge in [-0.2, -0.15) is 0 Å². The predicted molar refractivity (Wildman–Crippen MR) is 68.0 cm³/mol. The quantitative estimate of drug-likeness (QED) is 0.829. The lowest BCUT2D eigenvalue weighted by molar-refractivity contribution is -0.124. The molecule has 98 valence electrons. The molecule has 1 heterocycles. The highest BCUT2D eigenvalue weighted by Crippen LogP contribution is 2.16. The van der Waals surface area contributed by atoms with Crippen LogP contribution in [0.25, 0.3) is 0 Å². The lowest BCUT2D eigenvalue weighted by Crippen LogP contribution is -2.32. The standard InChI is InChI=1S/C14H19NO3/c16-10-13(11-5-2-1-3-6-11)15-14(17)9-12-7-4-8-18-12/h1-3,5-6,12-13,16H,4,7-10H2,(H,15,17). The topological polar surface area (TPSA) is 58.6 Å². The van der Waals surface area contributed by atoms with Crippen molar-refractivity contribution in [2.24, 2.45) is 0 Å². The van der Waals surface area contributed by atoms with E-state index < -0.39 is 0 Å². The van der Waals surface area contributed by atoms with Crippen LogP contribution in [0.4, 0.5) is 0 Å². The second-order valence-electron chi connectivity index (χ2n) is 4.55. The first-order chi connectivity index (χ1) is 8.79. The molecule has 4 nitrogen and oxygen atoms in total. The molecule has 1 fully saturated rings. The zero-order chi connectivity index (χ0) is 12.8. The van der Waals surface area contributed by atoms with Crippen molar-refractivity contribution in [2.75, 3.05) is 13.2 Å². The fraction of sp³-hybridized carbons (Fsp3) is 0.500. The Morgan fingerprint density at radius 2 is 2.22 bits per heavy atom. The second kappa shape index (κ2) is 6.52. The lowest BCUT2D eigenvalue weighted by Gasteiger charge is -2.18. The highest BCUT2D eigenvalue weighted by Gasteiger charge is 2.21. The number of benzene rings is 1. The lowest BCUT2D eigenvalue weighted by atomic mass is 10.1. The molecular formula is C14H19NO3. The Balaban J connectivity index is 1.87. The van der Waals surface area contributed by atoms with E-state index in [1.54, 1.807) is 0 Å². The van der Waals surface area contributed by atoms with Crippen LogP contribution in [0.15, 0.2) is 30.3 Å². The molecule has 0 radical (unpaired) electrons. The van der Waals surface area contributed by atoms with Crippen molar-refractivity contribution in [1.82, 2.24) is 5.32 Å². The van der Waals surface area contributed by atoms with Crippen LogP contribution in [0.2, 0.25) is 0 Å². The summed E-state index contributed by atoms with van der Waals surface area (Å²) in [5, 5.41) is 12.2. The van der Waals surface area contributed by atoms with Gasteiger partial charge in [0.1, 0.15) is 0 Å². The summed E-state index contributed by atoms with van der Waals surface area (Å²) in [5.74, 6) is -0.0650. The minimum absolute atomic E-state index is 0.0418. The van der Waals surface area contributed by atoms with Crippen LogP contribution in [0.3, 0.4) is 0 Å². The molecule has 1 aromatic carbocycles. The molecular weight excluding hydrogens is 230 g/mol. The molecule has 0 spiro atoms. The van der Waals surface area contributed by atoms with Gasteiger partial charge in [-0.1, -0.05) is 30.3 Å². The van der Waals surface area contributed by atoms with Gasteiger partial charge in [-0.15, -0.1) is 0 Å². The van der Waals surface area contributed by atoms with E-state index in [1.165, 1.54) is 0 Å². The second-order valence-corrected chi connectivity index (χ2v) is 4.55. The predicted octanol–water partition coefficient (Wildman–Crippen LogP) is 1.41. The van der Waals surface area contributed by atoms with Gasteiger partial charge in [0.25, 0.3) is 0 Å². The molecule has 18 heavy (non-hydrogen) atoms. The molecule has 0 aromatic heterocycles. The summed E-state index contributed by atoms with van der Waals surface area (Å²) in [6, 6.07) is 9.15. The first-order valence-electron chi connectivity index (χ1n) is 6.36. The van der Waals surface area contributed by atoms with Crippen LogP contribution in [0.5, 0.6) is 0 Å². The molecule has 0 aliphatic carbocycles. The fourth-order valence-electron chi connectivity index (χ4n) is 2.19. The molecule has 2 atom stereocenters. The normalized spacial score (nSPS) is 20.6. The van der Waals surface area contributed by atoms with E-state index in [-0.39, 0.29) is 24.7 Å². The maximum absolute atomic E-state index is 11.8. The average Bonchev–Trinajstić information content (AvgIpc) is 2.90. The number of hydrogen-bond acceptors (Lipinski definition) is 3. The summed E-state index contributed by atoms with van der Waals surface area (Å²) >= 11 is 0. The highest BCUT2D eigenvalue weighted by molar-refractivity contribution is 5.77. The number of rotatable bonds is 5. The number of aliphatic hydroxyl groups is 1. The summed E-state index contributed by atoms with van der Waals surface area (Å²) < 4.78 is 5.42. The van der Waals surface area contributed by atoms with Crippen LogP contribution in [0, 0.1) is 0 Å². The number of aliphatic hydroxyl groups excluding tert-OH is 1. The Labute approximate surface area is 107 Å². The van der Waals surface area contributed by atoms with E-state index in [4.69, 9.17) is 4.74 Å². The first kappa shape index (κ1) is 13.1. The van der Waals surface area contributed by atoms with Crippen molar-refractivity contribution < 1.29 is 14.6 Å². The van der Waals surface area contributed by atoms with Crippen molar-refractivity contribution in [3.05, 3.63) is 35.9 Å². The number of ether oxygens (including phenoxy) is 1. The highest BCUT2D eigenvalue weighted by atomic mass is 16.5. The molecule has 0 saturated carbocycles. The van der Waals surface area contributed by atoms with E-state index in [0.29, 0.717) is 6.42 Å². The molecule has 2 N–H and O–H groups in total. The van der Waals surface area contributed by atoms with Gasteiger partial charge in [-0.05, 0) is 18.4 Å². The summed E-state index contributed by atoms with van der Waals surface area (Å²) in [6.07, 6.45) is 2.39. The third kappa shape index (κ3) is 3.55. The van der Waals surface area contributed by atoms with Gasteiger partial charge in [-0.3, -0.25) is 4.79 Å². The van der Waals surface area contributed by atoms with Gasteiger partial charge in [0, 0.05) is 6.61 Å².